The highest BCUT2D eigenvalue weighted by Gasteiger charge is 2.06. The Morgan fingerprint density at radius 3 is 2.24 bits per heavy atom. The van der Waals surface area contributed by atoms with E-state index in [1.165, 1.54) is 5.56 Å². The molecule has 0 radical (unpaired) electrons. The van der Waals surface area contributed by atoms with Crippen molar-refractivity contribution >= 4 is 17.6 Å². The van der Waals surface area contributed by atoms with Crippen molar-refractivity contribution in [1.29, 1.82) is 0 Å². The molecule has 0 saturated carbocycles. The second-order valence-corrected chi connectivity index (χ2v) is 4.22. The van der Waals surface area contributed by atoms with Gasteiger partial charge in [0.25, 0.3) is 0 Å². The molecule has 0 heterocycles. The van der Waals surface area contributed by atoms with Crippen LogP contribution in [0.2, 0.25) is 0 Å². The Balaban J connectivity index is 2.51. The molecule has 4 nitrogen and oxygen atoms in total. The van der Waals surface area contributed by atoms with E-state index >= 15 is 0 Å². The summed E-state index contributed by atoms with van der Waals surface area (Å²) in [5.74, 6) is -0.785. The van der Waals surface area contributed by atoms with E-state index in [-0.39, 0.29) is 18.7 Å². The summed E-state index contributed by atoms with van der Waals surface area (Å²) in [4.78, 5) is 21.7. The molecule has 1 aromatic rings. The Bertz CT molecular complexity index is 396. The maximum Gasteiger partial charge on any atom is 0.303 e. The van der Waals surface area contributed by atoms with Crippen LogP contribution >= 0.6 is 0 Å². The lowest BCUT2D eigenvalue weighted by atomic mass is 10.0. The maximum absolute atomic E-state index is 11.4. The molecule has 1 amide bonds. The average molecular weight is 235 g/mol. The number of aliphatic carboxylic acids is 1. The molecule has 0 fully saturated rings. The van der Waals surface area contributed by atoms with Crippen LogP contribution in [0.15, 0.2) is 24.3 Å². The number of amides is 1. The Morgan fingerprint density at radius 2 is 1.76 bits per heavy atom. The van der Waals surface area contributed by atoms with Crippen molar-refractivity contribution in [3.63, 3.8) is 0 Å². The monoisotopic (exact) mass is 235 g/mol. The molecule has 1 aromatic carbocycles. The second-order valence-electron chi connectivity index (χ2n) is 4.22. The zero-order chi connectivity index (χ0) is 12.8. The van der Waals surface area contributed by atoms with Crippen molar-refractivity contribution < 1.29 is 14.7 Å². The minimum absolute atomic E-state index is 0.00126. The first-order valence-corrected chi connectivity index (χ1v) is 5.60. The number of nitrogens with one attached hydrogen (secondary N) is 1. The molecule has 0 spiro atoms. The first kappa shape index (κ1) is 13.2. The lowest BCUT2D eigenvalue weighted by molar-refractivity contribution is -0.138. The van der Waals surface area contributed by atoms with E-state index < -0.39 is 5.97 Å². The van der Waals surface area contributed by atoms with Crippen molar-refractivity contribution in [3.05, 3.63) is 29.8 Å². The molecule has 0 aromatic heterocycles. The molecule has 0 bridgehead atoms. The van der Waals surface area contributed by atoms with Gasteiger partial charge in [-0.1, -0.05) is 26.0 Å². The fourth-order valence-electron chi connectivity index (χ4n) is 1.40. The smallest absolute Gasteiger partial charge is 0.303 e. The maximum atomic E-state index is 11.4. The lowest BCUT2D eigenvalue weighted by Crippen LogP contribution is -2.13. The third kappa shape index (κ3) is 4.68. The van der Waals surface area contributed by atoms with Gasteiger partial charge in [0.2, 0.25) is 5.91 Å². The van der Waals surface area contributed by atoms with Crippen LogP contribution in [0.4, 0.5) is 5.69 Å². The number of rotatable bonds is 5. The van der Waals surface area contributed by atoms with Crippen molar-refractivity contribution in [1.82, 2.24) is 0 Å². The number of hydrogen-bond acceptors (Lipinski definition) is 2. The van der Waals surface area contributed by atoms with E-state index in [9.17, 15) is 9.59 Å². The van der Waals surface area contributed by atoms with Crippen LogP contribution in [0.5, 0.6) is 0 Å². The zero-order valence-electron chi connectivity index (χ0n) is 10.1. The normalized spacial score (nSPS) is 10.3. The van der Waals surface area contributed by atoms with Gasteiger partial charge in [-0.2, -0.15) is 0 Å². The van der Waals surface area contributed by atoms with E-state index in [1.54, 1.807) is 0 Å². The Kier molecular flexibility index (Phi) is 4.69. The fourth-order valence-corrected chi connectivity index (χ4v) is 1.40. The molecule has 0 atom stereocenters. The first-order valence-electron chi connectivity index (χ1n) is 5.60. The summed E-state index contributed by atoms with van der Waals surface area (Å²) in [7, 11) is 0. The van der Waals surface area contributed by atoms with E-state index in [0.717, 1.165) is 0 Å². The van der Waals surface area contributed by atoms with Crippen LogP contribution in [0.25, 0.3) is 0 Å². The van der Waals surface area contributed by atoms with Crippen LogP contribution < -0.4 is 5.32 Å². The van der Waals surface area contributed by atoms with Gasteiger partial charge in [0.15, 0.2) is 0 Å². The number of anilines is 1. The molecule has 2 N–H and O–H groups in total. The fraction of sp³-hybridized carbons (Fsp3) is 0.385. The number of carboxylic acids is 1. The number of hydrogen-bond donors (Lipinski definition) is 2. The highest BCUT2D eigenvalue weighted by atomic mass is 16.4. The minimum atomic E-state index is -0.963. The number of benzene rings is 1. The summed E-state index contributed by atoms with van der Waals surface area (Å²) >= 11 is 0. The summed E-state index contributed by atoms with van der Waals surface area (Å²) in [6.45, 7) is 4.20. The predicted molar refractivity (Wildman–Crippen MR) is 66.0 cm³/mol. The predicted octanol–water partition coefficient (Wildman–Crippen LogP) is 2.61. The van der Waals surface area contributed by atoms with Gasteiger partial charge in [-0.15, -0.1) is 0 Å². The van der Waals surface area contributed by atoms with Gasteiger partial charge < -0.3 is 10.4 Å². The Hall–Kier alpha value is -1.84. The molecule has 0 aliphatic heterocycles. The van der Waals surface area contributed by atoms with Gasteiger partial charge >= 0.3 is 5.97 Å². The van der Waals surface area contributed by atoms with Crippen LogP contribution in [0.3, 0.4) is 0 Å². The quantitative estimate of drug-likeness (QED) is 0.824. The highest BCUT2D eigenvalue weighted by molar-refractivity contribution is 5.92. The third-order valence-electron chi connectivity index (χ3n) is 2.43. The van der Waals surface area contributed by atoms with Gasteiger partial charge in [-0.3, -0.25) is 9.59 Å². The standard InChI is InChI=1S/C13H17NO3/c1-9(2)10-3-5-11(6-4-10)14-12(15)7-8-13(16)17/h3-6,9H,7-8H2,1-2H3,(H,14,15)(H,16,17). The Labute approximate surface area is 101 Å². The van der Waals surface area contributed by atoms with Crippen molar-refractivity contribution in [2.24, 2.45) is 0 Å². The van der Waals surface area contributed by atoms with Crippen molar-refractivity contribution in [2.75, 3.05) is 5.32 Å². The van der Waals surface area contributed by atoms with Gasteiger partial charge in [-0.05, 0) is 23.6 Å². The summed E-state index contributed by atoms with van der Waals surface area (Å²) in [6, 6.07) is 7.57. The molecule has 0 aliphatic carbocycles. The third-order valence-corrected chi connectivity index (χ3v) is 2.43. The molecule has 0 unspecified atom stereocenters. The summed E-state index contributed by atoms with van der Waals surface area (Å²) in [5, 5.41) is 11.1. The Morgan fingerprint density at radius 1 is 1.18 bits per heavy atom. The zero-order valence-corrected chi connectivity index (χ0v) is 10.1. The number of carbonyl (C=O) groups is 2. The molecule has 0 saturated heterocycles. The molecule has 4 heteroatoms. The SMILES string of the molecule is CC(C)c1ccc(NC(=O)CCC(=O)O)cc1. The van der Waals surface area contributed by atoms with Crippen LogP contribution in [0.1, 0.15) is 38.2 Å². The summed E-state index contributed by atoms with van der Waals surface area (Å²) in [5.41, 5.74) is 1.90. The summed E-state index contributed by atoms with van der Waals surface area (Å²) < 4.78 is 0. The largest absolute Gasteiger partial charge is 0.481 e. The highest BCUT2D eigenvalue weighted by Crippen LogP contribution is 2.17. The van der Waals surface area contributed by atoms with Gasteiger partial charge in [0.05, 0.1) is 6.42 Å². The van der Waals surface area contributed by atoms with Crippen LogP contribution in [-0.2, 0) is 9.59 Å². The second kappa shape index (κ2) is 6.03. The van der Waals surface area contributed by atoms with E-state index in [1.807, 2.05) is 24.3 Å². The molecule has 0 aliphatic rings. The topological polar surface area (TPSA) is 66.4 Å². The van der Waals surface area contributed by atoms with Crippen LogP contribution in [-0.4, -0.2) is 17.0 Å². The average Bonchev–Trinajstić information content (AvgIpc) is 2.27. The summed E-state index contributed by atoms with van der Waals surface area (Å²) in [6.07, 6.45) is -0.142. The first-order chi connectivity index (χ1) is 7.99. The molecular weight excluding hydrogens is 218 g/mol. The van der Waals surface area contributed by atoms with Gasteiger partial charge in [0, 0.05) is 12.1 Å². The van der Waals surface area contributed by atoms with Crippen LogP contribution in [0, 0.1) is 0 Å². The van der Waals surface area contributed by atoms with E-state index in [0.29, 0.717) is 11.6 Å². The van der Waals surface area contributed by atoms with E-state index in [2.05, 4.69) is 19.2 Å². The van der Waals surface area contributed by atoms with Gasteiger partial charge in [0.1, 0.15) is 0 Å². The lowest BCUT2D eigenvalue weighted by Gasteiger charge is -2.07. The molecular formula is C13H17NO3. The van der Waals surface area contributed by atoms with E-state index in [4.69, 9.17) is 5.11 Å². The van der Waals surface area contributed by atoms with Gasteiger partial charge in [-0.25, -0.2) is 0 Å². The minimum Gasteiger partial charge on any atom is -0.481 e. The number of carboxylic acid groups (broad SMARTS) is 1. The molecule has 92 valence electrons. The molecule has 1 rings (SSSR count). The van der Waals surface area contributed by atoms with Crippen molar-refractivity contribution in [2.45, 2.75) is 32.6 Å². The number of carbonyl (C=O) groups excluding carboxylic acids is 1. The molecule has 17 heavy (non-hydrogen) atoms. The van der Waals surface area contributed by atoms with Crippen molar-refractivity contribution in [3.8, 4) is 0 Å².